The van der Waals surface area contributed by atoms with Crippen LogP contribution in [0.3, 0.4) is 0 Å². The third-order valence-corrected chi connectivity index (χ3v) is 6.58. The Morgan fingerprint density at radius 3 is 2.35 bits per heavy atom. The third kappa shape index (κ3) is 4.09. The molecule has 0 atom stereocenters. The van der Waals surface area contributed by atoms with Crippen LogP contribution in [-0.2, 0) is 0 Å². The Kier molecular flexibility index (Phi) is 5.69. The molecule has 3 N–H and O–H groups in total. The van der Waals surface area contributed by atoms with Gasteiger partial charge in [-0.2, -0.15) is 0 Å². The van der Waals surface area contributed by atoms with Gasteiger partial charge in [-0.25, -0.2) is 9.37 Å². The Morgan fingerprint density at radius 2 is 1.68 bits per heavy atom. The van der Waals surface area contributed by atoms with Gasteiger partial charge in [0, 0.05) is 16.6 Å². The lowest BCUT2D eigenvalue weighted by atomic mass is 9.99. The topological polar surface area (TPSA) is 77.2 Å². The van der Waals surface area contributed by atoms with Gasteiger partial charge in [0.15, 0.2) is 0 Å². The number of hydrogen-bond donors (Lipinski definition) is 2. The molecule has 0 bridgehead atoms. The van der Waals surface area contributed by atoms with Crippen molar-refractivity contribution in [2.75, 3.05) is 18.2 Å². The van der Waals surface area contributed by atoms with Crippen LogP contribution in [0.5, 0.6) is 5.75 Å². The highest BCUT2D eigenvalue weighted by molar-refractivity contribution is 7.21. The smallest absolute Gasteiger partial charge is 0.267 e. The van der Waals surface area contributed by atoms with Crippen molar-refractivity contribution in [2.45, 2.75) is 0 Å². The molecule has 34 heavy (non-hydrogen) atoms. The second-order valence-electron chi connectivity index (χ2n) is 7.64. The average Bonchev–Trinajstić information content (AvgIpc) is 3.22. The lowest BCUT2D eigenvalue weighted by Crippen LogP contribution is -2.11. The fourth-order valence-electron chi connectivity index (χ4n) is 3.77. The zero-order chi connectivity index (χ0) is 23.7. The number of hydrogen-bond acceptors (Lipinski definition) is 5. The molecule has 168 valence electrons. The number of methoxy groups -OCH3 is 1. The first-order chi connectivity index (χ1) is 16.5. The van der Waals surface area contributed by atoms with E-state index in [2.05, 4.69) is 5.32 Å². The average molecular weight is 470 g/mol. The molecular formula is C27H20FN3O2S. The maximum Gasteiger partial charge on any atom is 0.267 e. The van der Waals surface area contributed by atoms with E-state index in [1.165, 1.54) is 35.6 Å². The second-order valence-corrected chi connectivity index (χ2v) is 8.63. The number of halogens is 1. The molecule has 2 heterocycles. The van der Waals surface area contributed by atoms with E-state index in [0.29, 0.717) is 21.1 Å². The third-order valence-electron chi connectivity index (χ3n) is 5.48. The van der Waals surface area contributed by atoms with Crippen LogP contribution < -0.4 is 15.8 Å². The van der Waals surface area contributed by atoms with Gasteiger partial charge < -0.3 is 15.8 Å². The molecule has 5 nitrogen and oxygen atoms in total. The summed E-state index contributed by atoms with van der Waals surface area (Å²) in [6, 6.07) is 25.1. The monoisotopic (exact) mass is 469 g/mol. The van der Waals surface area contributed by atoms with Gasteiger partial charge >= 0.3 is 0 Å². The molecule has 3 aromatic carbocycles. The molecule has 0 aliphatic heterocycles. The van der Waals surface area contributed by atoms with Crippen LogP contribution in [0.25, 0.3) is 32.6 Å². The molecule has 0 saturated heterocycles. The number of fused-ring (bicyclic) bond motifs is 1. The summed E-state index contributed by atoms with van der Waals surface area (Å²) in [5, 5.41) is 3.52. The molecular weight excluding hydrogens is 449 g/mol. The molecule has 7 heteroatoms. The van der Waals surface area contributed by atoms with Gasteiger partial charge in [-0.3, -0.25) is 4.79 Å². The summed E-state index contributed by atoms with van der Waals surface area (Å²) in [6.07, 6.45) is 0. The summed E-state index contributed by atoms with van der Waals surface area (Å²) in [5.41, 5.74) is 10.9. The molecule has 0 aliphatic rings. The molecule has 2 aromatic heterocycles. The number of nitrogens with one attached hydrogen (secondary N) is 1. The number of ether oxygens (including phenoxy) is 1. The quantitative estimate of drug-likeness (QED) is 0.304. The maximum absolute atomic E-state index is 13.2. The number of amides is 1. The van der Waals surface area contributed by atoms with Crippen molar-refractivity contribution in [3.8, 4) is 28.1 Å². The van der Waals surface area contributed by atoms with Gasteiger partial charge in [0.25, 0.3) is 5.91 Å². The van der Waals surface area contributed by atoms with E-state index >= 15 is 0 Å². The predicted octanol–water partition coefficient (Wildman–Crippen LogP) is 6.61. The van der Waals surface area contributed by atoms with Crippen molar-refractivity contribution >= 4 is 38.8 Å². The van der Waals surface area contributed by atoms with Gasteiger partial charge in [0.2, 0.25) is 0 Å². The van der Waals surface area contributed by atoms with Crippen molar-refractivity contribution in [2.24, 2.45) is 0 Å². The van der Waals surface area contributed by atoms with Crippen LogP contribution >= 0.6 is 11.3 Å². The molecule has 5 aromatic rings. The summed E-state index contributed by atoms with van der Waals surface area (Å²) in [6.45, 7) is 0. The summed E-state index contributed by atoms with van der Waals surface area (Å²) < 4.78 is 18.5. The second kappa shape index (κ2) is 8.96. The van der Waals surface area contributed by atoms with E-state index in [9.17, 15) is 9.18 Å². The first-order valence-corrected chi connectivity index (χ1v) is 11.3. The highest BCUT2D eigenvalue weighted by Crippen LogP contribution is 2.41. The van der Waals surface area contributed by atoms with Gasteiger partial charge in [-0.05, 0) is 65.7 Å². The highest BCUT2D eigenvalue weighted by Gasteiger charge is 2.22. The van der Waals surface area contributed by atoms with Crippen molar-refractivity contribution in [1.29, 1.82) is 0 Å². The summed E-state index contributed by atoms with van der Waals surface area (Å²) in [7, 11) is 1.62. The minimum atomic E-state index is -0.373. The Hall–Kier alpha value is -4.23. The van der Waals surface area contributed by atoms with Crippen LogP contribution in [-0.4, -0.2) is 18.0 Å². The number of rotatable bonds is 5. The maximum atomic E-state index is 13.2. The number of benzene rings is 3. The van der Waals surface area contributed by atoms with Crippen LogP contribution in [0.15, 0.2) is 84.9 Å². The Bertz CT molecular complexity index is 1480. The van der Waals surface area contributed by atoms with Crippen LogP contribution in [0.1, 0.15) is 9.67 Å². The number of carbonyl (C=O) groups excluding carboxylic acids is 1. The Morgan fingerprint density at radius 1 is 0.971 bits per heavy atom. The molecule has 0 unspecified atom stereocenters. The molecule has 0 spiro atoms. The van der Waals surface area contributed by atoms with E-state index in [-0.39, 0.29) is 11.7 Å². The van der Waals surface area contributed by atoms with E-state index in [4.69, 9.17) is 15.5 Å². The van der Waals surface area contributed by atoms with E-state index in [1.54, 1.807) is 7.11 Å². The van der Waals surface area contributed by atoms with Crippen molar-refractivity contribution < 1.29 is 13.9 Å². The number of nitrogen functional groups attached to an aromatic ring is 1. The van der Waals surface area contributed by atoms with Crippen molar-refractivity contribution in [3.63, 3.8) is 0 Å². The molecule has 0 saturated carbocycles. The van der Waals surface area contributed by atoms with Gasteiger partial charge in [-0.1, -0.05) is 30.3 Å². The first-order valence-electron chi connectivity index (χ1n) is 10.5. The largest absolute Gasteiger partial charge is 0.497 e. The molecule has 1 amide bonds. The van der Waals surface area contributed by atoms with E-state index in [1.807, 2.05) is 60.7 Å². The fraction of sp³-hybridized carbons (Fsp3) is 0.0370. The van der Waals surface area contributed by atoms with Crippen LogP contribution in [0.2, 0.25) is 0 Å². The fourth-order valence-corrected chi connectivity index (χ4v) is 4.78. The minimum absolute atomic E-state index is 0.357. The van der Waals surface area contributed by atoms with E-state index < -0.39 is 0 Å². The summed E-state index contributed by atoms with van der Waals surface area (Å²) in [4.78, 5) is 18.9. The first kappa shape index (κ1) is 21.6. The lowest BCUT2D eigenvalue weighted by molar-refractivity contribution is 0.103. The number of pyridine rings is 1. The number of thiophene rings is 1. The lowest BCUT2D eigenvalue weighted by Gasteiger charge is -2.09. The zero-order valence-corrected chi connectivity index (χ0v) is 19.0. The zero-order valence-electron chi connectivity index (χ0n) is 18.2. The predicted molar refractivity (Wildman–Crippen MR) is 136 cm³/mol. The minimum Gasteiger partial charge on any atom is -0.497 e. The standard InChI is InChI=1S/C27H20FN3O2S/c1-33-20-13-7-17(8-14-20)22-15-21(16-5-3-2-4-6-16)23-24(29)25(34-27(23)31-22)26(32)30-19-11-9-18(28)10-12-19/h2-15H,29H2,1H3,(H,30,32). The molecule has 5 rings (SSSR count). The van der Waals surface area contributed by atoms with Crippen LogP contribution in [0, 0.1) is 5.82 Å². The van der Waals surface area contributed by atoms with E-state index in [0.717, 1.165) is 33.5 Å². The molecule has 0 fully saturated rings. The Balaban J connectivity index is 1.64. The normalized spacial score (nSPS) is 10.9. The highest BCUT2D eigenvalue weighted by atomic mass is 32.1. The number of nitrogens with zero attached hydrogens (tertiary/aromatic N) is 1. The van der Waals surface area contributed by atoms with Gasteiger partial charge in [-0.15, -0.1) is 11.3 Å². The number of anilines is 2. The van der Waals surface area contributed by atoms with Crippen molar-refractivity contribution in [3.05, 3.63) is 95.6 Å². The van der Waals surface area contributed by atoms with Gasteiger partial charge in [0.05, 0.1) is 18.5 Å². The van der Waals surface area contributed by atoms with Crippen molar-refractivity contribution in [1.82, 2.24) is 4.98 Å². The number of aromatic nitrogens is 1. The Labute approximate surface area is 199 Å². The van der Waals surface area contributed by atoms with Crippen LogP contribution in [0.4, 0.5) is 15.8 Å². The summed E-state index contributed by atoms with van der Waals surface area (Å²) in [5.74, 6) is 0.0208. The number of nitrogens with two attached hydrogens (primary N) is 1. The summed E-state index contributed by atoms with van der Waals surface area (Å²) >= 11 is 1.23. The van der Waals surface area contributed by atoms with Gasteiger partial charge in [0.1, 0.15) is 21.3 Å². The molecule has 0 aliphatic carbocycles. The number of carbonyl (C=O) groups is 1. The SMILES string of the molecule is COc1ccc(-c2cc(-c3ccccc3)c3c(N)c(C(=O)Nc4ccc(F)cc4)sc3n2)cc1. The molecule has 0 radical (unpaired) electrons.